The van der Waals surface area contributed by atoms with Crippen molar-refractivity contribution in [1.29, 1.82) is 0 Å². The van der Waals surface area contributed by atoms with Gasteiger partial charge in [-0.05, 0) is 32.0 Å². The van der Waals surface area contributed by atoms with Gasteiger partial charge in [-0.15, -0.1) is 0 Å². The highest BCUT2D eigenvalue weighted by atomic mass is 32.1. The number of hydrogen-bond donors (Lipinski definition) is 2. The molecule has 0 aromatic rings. The second kappa shape index (κ2) is 6.26. The molecule has 7 heteroatoms. The van der Waals surface area contributed by atoms with Gasteiger partial charge in [0.15, 0.2) is 5.11 Å². The lowest BCUT2D eigenvalue weighted by atomic mass is 10.3. The van der Waals surface area contributed by atoms with Gasteiger partial charge in [0.05, 0.1) is 6.61 Å². The summed E-state index contributed by atoms with van der Waals surface area (Å²) in [5.41, 5.74) is 8.64. The molecule has 90 valence electrons. The summed E-state index contributed by atoms with van der Waals surface area (Å²) in [5.74, 6) is 0. The van der Waals surface area contributed by atoms with E-state index >= 15 is 0 Å². The molecule has 16 heavy (non-hydrogen) atoms. The predicted molar refractivity (Wildman–Crippen MR) is 63.1 cm³/mol. The van der Waals surface area contributed by atoms with Gasteiger partial charge in [-0.1, -0.05) is 0 Å². The predicted octanol–water partition coefficient (Wildman–Crippen LogP) is 0.901. The Hall–Kier alpha value is -1.37. The van der Waals surface area contributed by atoms with Crippen molar-refractivity contribution in [3.8, 4) is 0 Å². The fraction of sp³-hybridized carbons (Fsp3) is 0.667. The van der Waals surface area contributed by atoms with Crippen molar-refractivity contribution in [3.63, 3.8) is 0 Å². The zero-order valence-electron chi connectivity index (χ0n) is 9.06. The van der Waals surface area contributed by atoms with E-state index in [1.807, 2.05) is 0 Å². The van der Waals surface area contributed by atoms with Gasteiger partial charge in [-0.25, -0.2) is 4.79 Å². The summed E-state index contributed by atoms with van der Waals surface area (Å²) in [6, 6.07) is 0. The summed E-state index contributed by atoms with van der Waals surface area (Å²) in [5, 5.41) is 4.12. The Morgan fingerprint density at radius 1 is 1.75 bits per heavy atom. The molecule has 1 saturated carbocycles. The van der Waals surface area contributed by atoms with E-state index in [1.165, 1.54) is 0 Å². The number of carbonyl (C=O) groups is 1. The van der Waals surface area contributed by atoms with Crippen LogP contribution in [0, 0.1) is 0 Å². The lowest BCUT2D eigenvalue weighted by Crippen LogP contribution is -2.25. The highest BCUT2D eigenvalue weighted by Crippen LogP contribution is 2.19. The zero-order chi connectivity index (χ0) is 12.0. The van der Waals surface area contributed by atoms with Gasteiger partial charge in [0.1, 0.15) is 6.10 Å². The first-order chi connectivity index (χ1) is 7.61. The van der Waals surface area contributed by atoms with E-state index in [1.54, 1.807) is 6.92 Å². The number of hydrogen-bond acceptors (Lipinski definition) is 5. The van der Waals surface area contributed by atoms with Crippen LogP contribution in [-0.2, 0) is 9.47 Å². The Morgan fingerprint density at radius 3 is 3.12 bits per heavy atom. The van der Waals surface area contributed by atoms with Crippen molar-refractivity contribution >= 4 is 29.2 Å². The molecule has 1 atom stereocenters. The average Bonchev–Trinajstić information content (AvgIpc) is 2.63. The Kier molecular flexibility index (Phi) is 4.97. The number of carbonyl (C=O) groups excluding carboxylic acids is 1. The van der Waals surface area contributed by atoms with Crippen LogP contribution in [0.3, 0.4) is 0 Å². The molecule has 1 aliphatic rings. The van der Waals surface area contributed by atoms with Gasteiger partial charge < -0.3 is 15.2 Å². The second-order valence-corrected chi connectivity index (χ2v) is 3.76. The van der Waals surface area contributed by atoms with Crippen molar-refractivity contribution in [2.75, 3.05) is 6.61 Å². The van der Waals surface area contributed by atoms with Crippen molar-refractivity contribution in [1.82, 2.24) is 5.43 Å². The van der Waals surface area contributed by atoms with E-state index in [0.29, 0.717) is 13.0 Å². The standard InChI is InChI=1S/C9H15N3O3S/c1-2-14-9(13)15-7-4-3-6(5-7)11-12-8(10)16/h7H,2-5H2,1H3,(H3,10,12,16). The number of ether oxygens (including phenoxy) is 2. The Morgan fingerprint density at radius 2 is 2.50 bits per heavy atom. The van der Waals surface area contributed by atoms with Gasteiger partial charge >= 0.3 is 6.16 Å². The summed E-state index contributed by atoms with van der Waals surface area (Å²) in [4.78, 5) is 11.0. The maximum Gasteiger partial charge on any atom is 0.508 e. The van der Waals surface area contributed by atoms with Crippen molar-refractivity contribution < 1.29 is 14.3 Å². The minimum absolute atomic E-state index is 0.127. The van der Waals surface area contributed by atoms with E-state index in [0.717, 1.165) is 18.6 Å². The molecule has 0 spiro atoms. The number of rotatable bonds is 3. The lowest BCUT2D eigenvalue weighted by Gasteiger charge is -2.09. The second-order valence-electron chi connectivity index (χ2n) is 3.32. The van der Waals surface area contributed by atoms with Gasteiger partial charge in [0.25, 0.3) is 0 Å². The van der Waals surface area contributed by atoms with Crippen LogP contribution in [0.1, 0.15) is 26.2 Å². The summed E-state index contributed by atoms with van der Waals surface area (Å²) in [6.45, 7) is 2.05. The van der Waals surface area contributed by atoms with E-state index in [9.17, 15) is 4.79 Å². The molecule has 0 heterocycles. The van der Waals surface area contributed by atoms with Crippen LogP contribution in [0.25, 0.3) is 0 Å². The molecule has 1 unspecified atom stereocenters. The fourth-order valence-electron chi connectivity index (χ4n) is 1.42. The quantitative estimate of drug-likeness (QED) is 0.436. The SMILES string of the molecule is CCOC(=O)OC1CCC(=NNC(N)=S)C1. The monoisotopic (exact) mass is 245 g/mol. The topological polar surface area (TPSA) is 85.9 Å². The van der Waals surface area contributed by atoms with E-state index in [-0.39, 0.29) is 11.2 Å². The van der Waals surface area contributed by atoms with Crippen molar-refractivity contribution in [2.24, 2.45) is 10.8 Å². The van der Waals surface area contributed by atoms with Crippen LogP contribution < -0.4 is 11.2 Å². The lowest BCUT2D eigenvalue weighted by molar-refractivity contribution is 0.0302. The third-order valence-corrected chi connectivity index (χ3v) is 2.16. The van der Waals surface area contributed by atoms with Crippen LogP contribution in [0.4, 0.5) is 4.79 Å². The summed E-state index contributed by atoms with van der Waals surface area (Å²) < 4.78 is 9.73. The van der Waals surface area contributed by atoms with Crippen LogP contribution in [0.5, 0.6) is 0 Å². The minimum Gasteiger partial charge on any atom is -0.435 e. The molecule has 0 aromatic heterocycles. The molecule has 0 aromatic carbocycles. The van der Waals surface area contributed by atoms with E-state index < -0.39 is 6.16 Å². The molecular formula is C9H15N3O3S. The first-order valence-electron chi connectivity index (χ1n) is 5.06. The molecule has 6 nitrogen and oxygen atoms in total. The first-order valence-corrected chi connectivity index (χ1v) is 5.47. The molecule has 0 saturated heterocycles. The molecular weight excluding hydrogens is 230 g/mol. The van der Waals surface area contributed by atoms with Crippen LogP contribution in [0.15, 0.2) is 5.10 Å². The van der Waals surface area contributed by atoms with Crippen molar-refractivity contribution in [3.05, 3.63) is 0 Å². The smallest absolute Gasteiger partial charge is 0.435 e. The van der Waals surface area contributed by atoms with Crippen molar-refractivity contribution in [2.45, 2.75) is 32.3 Å². The Balaban J connectivity index is 2.32. The molecule has 1 aliphatic carbocycles. The van der Waals surface area contributed by atoms with Crippen LogP contribution in [0.2, 0.25) is 0 Å². The number of nitrogens with one attached hydrogen (secondary N) is 1. The van der Waals surface area contributed by atoms with E-state index in [4.69, 9.17) is 10.5 Å². The number of thiocarbonyl (C=S) groups is 1. The molecule has 0 bridgehead atoms. The third-order valence-electron chi connectivity index (χ3n) is 2.07. The maximum absolute atomic E-state index is 11.0. The largest absolute Gasteiger partial charge is 0.508 e. The maximum atomic E-state index is 11.0. The van der Waals surface area contributed by atoms with Gasteiger partial charge in [-0.3, -0.25) is 5.43 Å². The highest BCUT2D eigenvalue weighted by molar-refractivity contribution is 7.80. The normalized spacial score (nSPS) is 21.8. The average molecular weight is 245 g/mol. The zero-order valence-corrected chi connectivity index (χ0v) is 9.88. The minimum atomic E-state index is -0.629. The molecule has 0 amide bonds. The van der Waals surface area contributed by atoms with Gasteiger partial charge in [-0.2, -0.15) is 5.10 Å². The Labute approximate surface area is 99.2 Å². The molecule has 1 fully saturated rings. The number of hydrazone groups is 1. The van der Waals surface area contributed by atoms with Gasteiger partial charge in [0, 0.05) is 12.1 Å². The summed E-state index contributed by atoms with van der Waals surface area (Å²) in [7, 11) is 0. The first kappa shape index (κ1) is 12.7. The third kappa shape index (κ3) is 4.43. The van der Waals surface area contributed by atoms with Gasteiger partial charge in [0.2, 0.25) is 0 Å². The van der Waals surface area contributed by atoms with Crippen LogP contribution >= 0.6 is 12.2 Å². The summed E-state index contributed by atoms with van der Waals surface area (Å²) >= 11 is 4.62. The number of nitrogens with two attached hydrogens (primary N) is 1. The Bertz CT molecular complexity index is 306. The van der Waals surface area contributed by atoms with Crippen LogP contribution in [-0.4, -0.2) is 29.7 Å². The van der Waals surface area contributed by atoms with E-state index in [2.05, 4.69) is 27.5 Å². The molecule has 3 N–H and O–H groups in total. The summed E-state index contributed by atoms with van der Waals surface area (Å²) in [6.07, 6.45) is 1.31. The number of nitrogens with zero attached hydrogens (tertiary/aromatic N) is 1. The molecule has 0 radical (unpaired) electrons. The molecule has 1 rings (SSSR count). The molecule has 0 aliphatic heterocycles. The highest BCUT2D eigenvalue weighted by Gasteiger charge is 2.24. The fourth-order valence-corrected chi connectivity index (χ4v) is 1.46.